The van der Waals surface area contributed by atoms with Crippen molar-refractivity contribution in [3.05, 3.63) is 58.4 Å². The molecule has 1 N–H and O–H groups in total. The van der Waals surface area contributed by atoms with E-state index in [9.17, 15) is 10.1 Å². The van der Waals surface area contributed by atoms with Crippen LogP contribution >= 0.6 is 0 Å². The van der Waals surface area contributed by atoms with Crippen molar-refractivity contribution in [2.75, 3.05) is 32.1 Å². The van der Waals surface area contributed by atoms with Gasteiger partial charge in [-0.05, 0) is 39.0 Å². The van der Waals surface area contributed by atoms with Crippen LogP contribution in [0.25, 0.3) is 5.57 Å². The van der Waals surface area contributed by atoms with E-state index in [-0.39, 0.29) is 18.1 Å². The Hall–Kier alpha value is -3.37. The number of benzene rings is 1. The summed E-state index contributed by atoms with van der Waals surface area (Å²) in [5.74, 6) is 0.653. The van der Waals surface area contributed by atoms with E-state index in [1.54, 1.807) is 7.11 Å². The molecule has 1 aromatic carbocycles. The number of fused-ring (bicyclic) bond motifs is 1. The number of allylic oxidation sites excluding steroid dienone is 2. The average Bonchev–Trinajstić information content (AvgIpc) is 3.21. The molecule has 2 heterocycles. The van der Waals surface area contributed by atoms with Gasteiger partial charge in [0.1, 0.15) is 5.75 Å². The van der Waals surface area contributed by atoms with Crippen molar-refractivity contribution >= 4 is 17.2 Å². The summed E-state index contributed by atoms with van der Waals surface area (Å²) in [5.41, 5.74) is 5.89. The molecular weight excluding hydrogens is 416 g/mol. The Labute approximate surface area is 195 Å². The lowest BCUT2D eigenvalue weighted by atomic mass is 10.0. The first kappa shape index (κ1) is 22.8. The summed E-state index contributed by atoms with van der Waals surface area (Å²) in [7, 11) is 1.62. The topological polar surface area (TPSA) is 87.5 Å². The normalized spacial score (nSPS) is 19.5. The molecule has 1 aliphatic heterocycles. The Kier molecular flexibility index (Phi) is 6.66. The molecule has 2 aliphatic rings. The Bertz CT molecular complexity index is 1130. The van der Waals surface area contributed by atoms with Crippen molar-refractivity contribution in [3.8, 4) is 11.8 Å². The number of pyridine rings is 1. The van der Waals surface area contributed by atoms with Gasteiger partial charge in [-0.1, -0.05) is 12.1 Å². The van der Waals surface area contributed by atoms with Gasteiger partial charge in [0.15, 0.2) is 0 Å². The van der Waals surface area contributed by atoms with Crippen LogP contribution in [0.5, 0.6) is 5.75 Å². The summed E-state index contributed by atoms with van der Waals surface area (Å²) >= 11 is 0. The molecule has 33 heavy (non-hydrogen) atoms. The van der Waals surface area contributed by atoms with Gasteiger partial charge in [-0.25, -0.2) is 0 Å². The molecule has 2 atom stereocenters. The van der Waals surface area contributed by atoms with Crippen LogP contribution in [-0.2, 0) is 17.6 Å². The number of nitrogens with one attached hydrogen (secondary N) is 1. The summed E-state index contributed by atoms with van der Waals surface area (Å²) in [5, 5.41) is 12.8. The number of rotatable bonds is 6. The van der Waals surface area contributed by atoms with E-state index in [0.717, 1.165) is 34.7 Å². The zero-order valence-corrected chi connectivity index (χ0v) is 19.6. The van der Waals surface area contributed by atoms with Crippen molar-refractivity contribution in [1.29, 1.82) is 5.26 Å². The van der Waals surface area contributed by atoms with Crippen LogP contribution in [0.15, 0.2) is 30.3 Å². The van der Waals surface area contributed by atoms with Crippen LogP contribution in [-0.4, -0.2) is 54.7 Å². The molecule has 1 saturated heterocycles. The molecule has 0 radical (unpaired) electrons. The van der Waals surface area contributed by atoms with E-state index < -0.39 is 0 Å². The van der Waals surface area contributed by atoms with Gasteiger partial charge in [0.25, 0.3) is 5.91 Å². The van der Waals surface area contributed by atoms with Crippen molar-refractivity contribution in [1.82, 2.24) is 9.88 Å². The number of ether oxygens (including phenoxy) is 2. The van der Waals surface area contributed by atoms with Gasteiger partial charge in [0, 0.05) is 60.5 Å². The molecule has 0 spiro atoms. The lowest BCUT2D eigenvalue weighted by Crippen LogP contribution is -2.48. The summed E-state index contributed by atoms with van der Waals surface area (Å²) in [6.45, 7) is 7.93. The summed E-state index contributed by atoms with van der Waals surface area (Å²) in [6.07, 6.45) is 3.19. The van der Waals surface area contributed by atoms with Gasteiger partial charge < -0.3 is 19.7 Å². The zero-order valence-electron chi connectivity index (χ0n) is 19.6. The molecule has 1 aliphatic carbocycles. The number of morpholine rings is 1. The monoisotopic (exact) mass is 446 g/mol. The minimum absolute atomic E-state index is 0.0120. The number of nitriles is 1. The Balaban J connectivity index is 1.59. The van der Waals surface area contributed by atoms with Gasteiger partial charge in [-0.2, -0.15) is 5.26 Å². The molecule has 7 nitrogen and oxygen atoms in total. The van der Waals surface area contributed by atoms with E-state index in [1.807, 2.05) is 56.0 Å². The van der Waals surface area contributed by atoms with Gasteiger partial charge in [0.05, 0.1) is 36.7 Å². The lowest BCUT2D eigenvalue weighted by Gasteiger charge is -2.35. The predicted octanol–water partition coefficient (Wildman–Crippen LogP) is 3.83. The molecule has 1 fully saturated rings. The number of carbonyl (C=O) groups is 1. The van der Waals surface area contributed by atoms with Crippen LogP contribution in [0.4, 0.5) is 5.69 Å². The molecule has 7 heteroatoms. The van der Waals surface area contributed by atoms with Crippen LogP contribution < -0.4 is 10.1 Å². The maximum atomic E-state index is 13.1. The third kappa shape index (κ3) is 4.71. The van der Waals surface area contributed by atoms with Crippen molar-refractivity contribution in [2.24, 2.45) is 0 Å². The average molecular weight is 447 g/mol. The second-order valence-corrected chi connectivity index (χ2v) is 8.62. The number of aromatic nitrogens is 1. The van der Waals surface area contributed by atoms with E-state index in [2.05, 4.69) is 11.4 Å². The number of nitrogens with zero attached hydrogens (tertiary/aromatic N) is 3. The second kappa shape index (κ2) is 9.63. The third-order valence-electron chi connectivity index (χ3n) is 6.02. The first-order chi connectivity index (χ1) is 15.9. The molecule has 0 unspecified atom stereocenters. The SMILES string of the molecule is CCNc1cc(Cc2ccc(C(=O)N3C[C@@H](C)O[C@@H](C)C3)cc2OC)nc2c1C(C#N)=CC2. The Morgan fingerprint density at radius 2 is 2.06 bits per heavy atom. The molecular formula is C26H30N4O3. The summed E-state index contributed by atoms with van der Waals surface area (Å²) in [4.78, 5) is 19.8. The highest BCUT2D eigenvalue weighted by atomic mass is 16.5. The highest BCUT2D eigenvalue weighted by molar-refractivity contribution is 5.95. The molecule has 1 amide bonds. The van der Waals surface area contributed by atoms with Crippen LogP contribution in [0.3, 0.4) is 0 Å². The molecule has 2 aromatic rings. The van der Waals surface area contributed by atoms with Gasteiger partial charge >= 0.3 is 0 Å². The minimum Gasteiger partial charge on any atom is -0.496 e. The quantitative estimate of drug-likeness (QED) is 0.726. The van der Waals surface area contributed by atoms with Gasteiger partial charge in [-0.3, -0.25) is 9.78 Å². The van der Waals surface area contributed by atoms with E-state index in [1.165, 1.54) is 0 Å². The van der Waals surface area contributed by atoms with Crippen molar-refractivity contribution < 1.29 is 14.3 Å². The second-order valence-electron chi connectivity index (χ2n) is 8.62. The lowest BCUT2D eigenvalue weighted by molar-refractivity contribution is -0.0586. The van der Waals surface area contributed by atoms with Crippen LogP contribution in [0.2, 0.25) is 0 Å². The van der Waals surface area contributed by atoms with Crippen LogP contribution in [0.1, 0.15) is 53.6 Å². The fourth-order valence-electron chi connectivity index (χ4n) is 4.67. The maximum absolute atomic E-state index is 13.1. The largest absolute Gasteiger partial charge is 0.496 e. The van der Waals surface area contributed by atoms with E-state index in [0.29, 0.717) is 42.8 Å². The standard InChI is InChI=1S/C26H30N4O3/c1-5-28-23-12-21(29-22-9-8-20(13-27)25(22)23)10-18-6-7-19(11-24(18)32-4)26(31)30-14-16(2)33-17(3)15-30/h6-8,11-12,16-17H,5,9-10,14-15H2,1-4H3,(H,28,29)/t16-,17+. The number of anilines is 1. The van der Waals surface area contributed by atoms with Crippen molar-refractivity contribution in [2.45, 2.75) is 45.8 Å². The molecule has 0 saturated carbocycles. The first-order valence-corrected chi connectivity index (χ1v) is 11.4. The Morgan fingerprint density at radius 3 is 2.73 bits per heavy atom. The number of carbonyl (C=O) groups excluding carboxylic acids is 1. The summed E-state index contributed by atoms with van der Waals surface area (Å²) < 4.78 is 11.4. The smallest absolute Gasteiger partial charge is 0.254 e. The maximum Gasteiger partial charge on any atom is 0.254 e. The number of amides is 1. The fourth-order valence-corrected chi connectivity index (χ4v) is 4.67. The minimum atomic E-state index is -0.0120. The van der Waals surface area contributed by atoms with Crippen LogP contribution in [0, 0.1) is 11.3 Å². The van der Waals surface area contributed by atoms with E-state index >= 15 is 0 Å². The predicted molar refractivity (Wildman–Crippen MR) is 127 cm³/mol. The highest BCUT2D eigenvalue weighted by Gasteiger charge is 2.27. The fraction of sp³-hybridized carbons (Fsp3) is 0.423. The molecule has 1 aromatic heterocycles. The zero-order chi connectivity index (χ0) is 23.5. The van der Waals surface area contributed by atoms with Gasteiger partial charge in [-0.15, -0.1) is 0 Å². The molecule has 4 rings (SSSR count). The third-order valence-corrected chi connectivity index (χ3v) is 6.02. The van der Waals surface area contributed by atoms with Gasteiger partial charge in [0.2, 0.25) is 0 Å². The number of hydrogen-bond donors (Lipinski definition) is 1. The number of methoxy groups -OCH3 is 1. The molecule has 172 valence electrons. The van der Waals surface area contributed by atoms with E-state index in [4.69, 9.17) is 14.5 Å². The molecule has 0 bridgehead atoms. The van der Waals surface area contributed by atoms with Crippen molar-refractivity contribution in [3.63, 3.8) is 0 Å². The summed E-state index contributed by atoms with van der Waals surface area (Å²) in [6, 6.07) is 9.90. The Morgan fingerprint density at radius 1 is 1.30 bits per heavy atom. The highest BCUT2D eigenvalue weighted by Crippen LogP contribution is 2.34. The first-order valence-electron chi connectivity index (χ1n) is 11.4. The number of hydrogen-bond acceptors (Lipinski definition) is 6.